The first-order valence-corrected chi connectivity index (χ1v) is 3.38. The van der Waals surface area contributed by atoms with Crippen molar-refractivity contribution in [1.82, 2.24) is 10.1 Å². The van der Waals surface area contributed by atoms with E-state index in [9.17, 15) is 4.79 Å². The molecule has 0 atom stereocenters. The van der Waals surface area contributed by atoms with Gasteiger partial charge in [-0.15, -0.1) is 0 Å². The number of aryl methyl sites for hydroxylation is 1. The number of aromatic amines is 1. The minimum Gasteiger partial charge on any atom is -0.469 e. The lowest BCUT2D eigenvalue weighted by Crippen LogP contribution is -1.94. The minimum absolute atomic E-state index is 0.395. The Bertz CT molecular complexity index is 437. The molecule has 5 nitrogen and oxygen atoms in total. The van der Waals surface area contributed by atoms with E-state index < -0.39 is 5.76 Å². The van der Waals surface area contributed by atoms with Gasteiger partial charge in [0.25, 0.3) is 0 Å². The van der Waals surface area contributed by atoms with Crippen LogP contribution in [0.3, 0.4) is 0 Å². The second kappa shape index (κ2) is 2.37. The average molecular weight is 166 g/mol. The fourth-order valence-corrected chi connectivity index (χ4v) is 0.977. The Morgan fingerprint density at radius 3 is 2.92 bits per heavy atom. The second-order valence-electron chi connectivity index (χ2n) is 2.33. The highest BCUT2D eigenvalue weighted by Gasteiger charge is 2.08. The summed E-state index contributed by atoms with van der Waals surface area (Å²) >= 11 is 0. The van der Waals surface area contributed by atoms with Crippen LogP contribution in [0.15, 0.2) is 26.1 Å². The molecule has 12 heavy (non-hydrogen) atoms. The van der Waals surface area contributed by atoms with Gasteiger partial charge < -0.3 is 4.42 Å². The molecule has 2 aromatic rings. The van der Waals surface area contributed by atoms with Gasteiger partial charge >= 0.3 is 5.76 Å². The van der Waals surface area contributed by atoms with Crippen molar-refractivity contribution in [2.45, 2.75) is 6.92 Å². The van der Waals surface area contributed by atoms with Crippen molar-refractivity contribution in [2.24, 2.45) is 0 Å². The first-order valence-electron chi connectivity index (χ1n) is 3.38. The van der Waals surface area contributed by atoms with Gasteiger partial charge in [-0.25, -0.2) is 4.79 Å². The SMILES string of the molecule is Cc1occc1-c1noc(=O)[nH]1. The molecule has 2 heterocycles. The van der Waals surface area contributed by atoms with Crippen LogP contribution in [-0.2, 0) is 0 Å². The molecule has 0 aliphatic rings. The molecule has 0 aliphatic carbocycles. The summed E-state index contributed by atoms with van der Waals surface area (Å²) < 4.78 is 9.36. The van der Waals surface area contributed by atoms with Crippen LogP contribution in [-0.4, -0.2) is 10.1 Å². The molecule has 0 amide bonds. The highest BCUT2D eigenvalue weighted by atomic mass is 16.5. The Labute approximate surface area is 67.0 Å². The molecule has 0 saturated heterocycles. The topological polar surface area (TPSA) is 72.0 Å². The zero-order valence-corrected chi connectivity index (χ0v) is 6.33. The fraction of sp³-hybridized carbons (Fsp3) is 0.143. The minimum atomic E-state index is -0.564. The van der Waals surface area contributed by atoms with Crippen molar-refractivity contribution in [3.05, 3.63) is 28.6 Å². The van der Waals surface area contributed by atoms with Crippen LogP contribution in [0.25, 0.3) is 11.4 Å². The van der Waals surface area contributed by atoms with Crippen molar-refractivity contribution in [2.75, 3.05) is 0 Å². The number of nitrogens with one attached hydrogen (secondary N) is 1. The van der Waals surface area contributed by atoms with E-state index in [0.29, 0.717) is 11.6 Å². The smallest absolute Gasteiger partial charge is 0.439 e. The van der Waals surface area contributed by atoms with Crippen LogP contribution in [0.1, 0.15) is 5.76 Å². The summed E-state index contributed by atoms with van der Waals surface area (Å²) in [5, 5.41) is 3.52. The van der Waals surface area contributed by atoms with Crippen molar-refractivity contribution < 1.29 is 8.94 Å². The number of hydrogen-bond donors (Lipinski definition) is 1. The van der Waals surface area contributed by atoms with Crippen molar-refractivity contribution in [1.29, 1.82) is 0 Å². The van der Waals surface area contributed by atoms with Gasteiger partial charge in [0.05, 0.1) is 11.8 Å². The van der Waals surface area contributed by atoms with Crippen LogP contribution in [0.4, 0.5) is 0 Å². The van der Waals surface area contributed by atoms with Gasteiger partial charge in [0, 0.05) is 0 Å². The Morgan fingerprint density at radius 2 is 2.42 bits per heavy atom. The van der Waals surface area contributed by atoms with Gasteiger partial charge in [0.1, 0.15) is 5.76 Å². The molecule has 2 rings (SSSR count). The first kappa shape index (κ1) is 6.90. The molecular formula is C7H6N2O3. The van der Waals surface area contributed by atoms with E-state index in [4.69, 9.17) is 4.42 Å². The zero-order valence-electron chi connectivity index (χ0n) is 6.33. The van der Waals surface area contributed by atoms with E-state index in [1.54, 1.807) is 13.0 Å². The molecule has 1 N–H and O–H groups in total. The molecule has 0 spiro atoms. The molecule has 0 aromatic carbocycles. The van der Waals surface area contributed by atoms with Gasteiger partial charge in [-0.1, -0.05) is 5.16 Å². The monoisotopic (exact) mass is 166 g/mol. The van der Waals surface area contributed by atoms with Crippen LogP contribution >= 0.6 is 0 Å². The van der Waals surface area contributed by atoms with Crippen molar-refractivity contribution >= 4 is 0 Å². The standard InChI is InChI=1S/C7H6N2O3/c1-4-5(2-3-11-4)6-8-7(10)12-9-6/h2-3H,1H3,(H,8,9,10). The van der Waals surface area contributed by atoms with E-state index in [2.05, 4.69) is 14.7 Å². The van der Waals surface area contributed by atoms with E-state index in [1.807, 2.05) is 0 Å². The Morgan fingerprint density at radius 1 is 1.58 bits per heavy atom. The number of hydrogen-bond acceptors (Lipinski definition) is 4. The summed E-state index contributed by atoms with van der Waals surface area (Å²) in [6, 6.07) is 1.71. The van der Waals surface area contributed by atoms with E-state index in [0.717, 1.165) is 5.56 Å². The summed E-state index contributed by atoms with van der Waals surface area (Å²) in [5.41, 5.74) is 0.737. The van der Waals surface area contributed by atoms with E-state index >= 15 is 0 Å². The Balaban J connectivity index is 2.57. The maximum absolute atomic E-state index is 10.6. The lowest BCUT2D eigenvalue weighted by molar-refractivity contribution is 0.387. The number of H-pyrrole nitrogens is 1. The van der Waals surface area contributed by atoms with Crippen molar-refractivity contribution in [3.63, 3.8) is 0 Å². The molecule has 0 fully saturated rings. The summed E-state index contributed by atoms with van der Waals surface area (Å²) in [6.45, 7) is 1.78. The number of nitrogens with zero attached hydrogens (tertiary/aromatic N) is 1. The third-order valence-corrected chi connectivity index (χ3v) is 1.55. The van der Waals surface area contributed by atoms with Crippen LogP contribution in [0.5, 0.6) is 0 Å². The van der Waals surface area contributed by atoms with Gasteiger partial charge in [0.2, 0.25) is 0 Å². The third kappa shape index (κ3) is 0.952. The molecule has 0 saturated carbocycles. The number of aromatic nitrogens is 2. The molecule has 5 heteroatoms. The zero-order chi connectivity index (χ0) is 8.55. The normalized spacial score (nSPS) is 10.4. The average Bonchev–Trinajstić information content (AvgIpc) is 2.58. The van der Waals surface area contributed by atoms with E-state index in [-0.39, 0.29) is 0 Å². The molecule has 0 aliphatic heterocycles. The molecule has 62 valence electrons. The summed E-state index contributed by atoms with van der Waals surface area (Å²) in [4.78, 5) is 13.0. The van der Waals surface area contributed by atoms with Gasteiger partial charge in [-0.05, 0) is 13.0 Å². The summed E-state index contributed by atoms with van der Waals surface area (Å²) in [5.74, 6) is 0.524. The Kier molecular flexibility index (Phi) is 1.36. The molecular weight excluding hydrogens is 160 g/mol. The molecule has 2 aromatic heterocycles. The maximum Gasteiger partial charge on any atom is 0.439 e. The predicted octanol–water partition coefficient (Wildman–Crippen LogP) is 0.931. The van der Waals surface area contributed by atoms with Crippen LogP contribution in [0, 0.1) is 6.92 Å². The molecule has 0 radical (unpaired) electrons. The molecule has 0 unspecified atom stereocenters. The summed E-state index contributed by atoms with van der Waals surface area (Å²) in [6.07, 6.45) is 1.53. The Hall–Kier alpha value is -1.78. The van der Waals surface area contributed by atoms with E-state index in [1.165, 1.54) is 6.26 Å². The lowest BCUT2D eigenvalue weighted by Gasteiger charge is -1.87. The number of rotatable bonds is 1. The largest absolute Gasteiger partial charge is 0.469 e. The highest BCUT2D eigenvalue weighted by molar-refractivity contribution is 5.55. The summed E-state index contributed by atoms with van der Waals surface area (Å²) in [7, 11) is 0. The number of furan rings is 1. The van der Waals surface area contributed by atoms with Crippen LogP contribution < -0.4 is 5.76 Å². The predicted molar refractivity (Wildman–Crippen MR) is 39.6 cm³/mol. The quantitative estimate of drug-likeness (QED) is 0.684. The first-order chi connectivity index (χ1) is 5.77. The maximum atomic E-state index is 10.6. The van der Waals surface area contributed by atoms with Crippen LogP contribution in [0.2, 0.25) is 0 Å². The molecule has 0 bridgehead atoms. The lowest BCUT2D eigenvalue weighted by atomic mass is 10.2. The van der Waals surface area contributed by atoms with Crippen molar-refractivity contribution in [3.8, 4) is 11.4 Å². The van der Waals surface area contributed by atoms with Gasteiger partial charge in [-0.2, -0.15) is 0 Å². The second-order valence-corrected chi connectivity index (χ2v) is 2.33. The van der Waals surface area contributed by atoms with Gasteiger partial charge in [-0.3, -0.25) is 9.51 Å². The van der Waals surface area contributed by atoms with Gasteiger partial charge in [0.15, 0.2) is 5.82 Å². The fourth-order valence-electron chi connectivity index (χ4n) is 0.977. The third-order valence-electron chi connectivity index (χ3n) is 1.55. The highest BCUT2D eigenvalue weighted by Crippen LogP contribution is 2.18.